The molecule has 0 aromatic carbocycles. The maximum absolute atomic E-state index is 11.0. The summed E-state index contributed by atoms with van der Waals surface area (Å²) in [6, 6.07) is 0. The number of hydrogen-bond donors (Lipinski definition) is 1. The van der Waals surface area contributed by atoms with E-state index in [9.17, 15) is 4.79 Å². The first kappa shape index (κ1) is 12.4. The van der Waals surface area contributed by atoms with E-state index in [0.29, 0.717) is 6.42 Å². The van der Waals surface area contributed by atoms with Crippen molar-refractivity contribution in [1.29, 1.82) is 0 Å². The number of rotatable bonds is 3. The molecule has 2 nitrogen and oxygen atoms in total. The largest absolute Gasteiger partial charge is 0.480 e. The molecular weight excluding hydrogens is 246 g/mol. The fourth-order valence-corrected chi connectivity index (χ4v) is 2.73. The fraction of sp³-hybridized carbons (Fsp3) is 0.889. The first-order chi connectivity index (χ1) is 6.03. The van der Waals surface area contributed by atoms with Crippen molar-refractivity contribution in [3.05, 3.63) is 0 Å². The summed E-state index contributed by atoms with van der Waals surface area (Å²) >= 11 is 17.7. The molecule has 1 fully saturated rings. The molecule has 82 valence electrons. The lowest BCUT2D eigenvalue weighted by molar-refractivity contribution is -0.138. The molecule has 0 bridgehead atoms. The van der Waals surface area contributed by atoms with Crippen LogP contribution in [0.5, 0.6) is 0 Å². The van der Waals surface area contributed by atoms with Gasteiger partial charge in [-0.2, -0.15) is 0 Å². The van der Waals surface area contributed by atoms with Crippen LogP contribution in [0.25, 0.3) is 0 Å². The summed E-state index contributed by atoms with van der Waals surface area (Å²) in [5.74, 6) is -1.18. The maximum atomic E-state index is 11.0. The molecule has 1 saturated carbocycles. The molecule has 0 radical (unpaired) electrons. The van der Waals surface area contributed by atoms with Gasteiger partial charge in [0, 0.05) is 5.41 Å². The Morgan fingerprint density at radius 1 is 1.50 bits per heavy atom. The van der Waals surface area contributed by atoms with Gasteiger partial charge in [0.1, 0.15) is 4.33 Å². The second kappa shape index (κ2) is 3.16. The first-order valence-corrected chi connectivity index (χ1v) is 5.47. The molecular formula is C9H13Cl3O2. The van der Waals surface area contributed by atoms with Gasteiger partial charge < -0.3 is 5.11 Å². The second-order valence-electron chi connectivity index (χ2n) is 4.57. The normalized spacial score (nSPS) is 35.4. The van der Waals surface area contributed by atoms with Crippen molar-refractivity contribution < 1.29 is 9.90 Å². The van der Waals surface area contributed by atoms with E-state index in [1.165, 1.54) is 0 Å². The van der Waals surface area contributed by atoms with Gasteiger partial charge >= 0.3 is 5.97 Å². The Balaban J connectivity index is 2.81. The van der Waals surface area contributed by atoms with Crippen LogP contribution in [0.1, 0.15) is 27.2 Å². The zero-order valence-electron chi connectivity index (χ0n) is 8.27. The van der Waals surface area contributed by atoms with Gasteiger partial charge in [0.2, 0.25) is 0 Å². The third-order valence-corrected chi connectivity index (χ3v) is 4.30. The Labute approximate surface area is 98.5 Å². The highest BCUT2D eigenvalue weighted by Crippen LogP contribution is 2.69. The molecule has 1 rings (SSSR count). The number of halogens is 3. The van der Waals surface area contributed by atoms with Crippen molar-refractivity contribution in [2.75, 3.05) is 0 Å². The summed E-state index contributed by atoms with van der Waals surface area (Å²) in [6.45, 7) is 5.28. The smallest absolute Gasteiger partial charge is 0.325 e. The van der Waals surface area contributed by atoms with E-state index >= 15 is 0 Å². The van der Waals surface area contributed by atoms with E-state index in [0.717, 1.165) is 0 Å². The molecule has 0 aromatic rings. The molecule has 1 aliphatic rings. The number of carbonyl (C=O) groups is 1. The Bertz CT molecular complexity index is 270. The lowest BCUT2D eigenvalue weighted by Gasteiger charge is -2.13. The minimum Gasteiger partial charge on any atom is -0.480 e. The molecule has 5 heteroatoms. The predicted octanol–water partition coefficient (Wildman–Crippen LogP) is 3.29. The van der Waals surface area contributed by atoms with Crippen LogP contribution in [0.3, 0.4) is 0 Å². The van der Waals surface area contributed by atoms with Gasteiger partial charge in [-0.25, -0.2) is 0 Å². The molecule has 0 saturated heterocycles. The van der Waals surface area contributed by atoms with Gasteiger partial charge in [-0.15, -0.1) is 34.8 Å². The number of alkyl halides is 3. The molecule has 0 heterocycles. The van der Waals surface area contributed by atoms with Crippen LogP contribution < -0.4 is 0 Å². The van der Waals surface area contributed by atoms with Gasteiger partial charge in [-0.1, -0.05) is 13.8 Å². The van der Waals surface area contributed by atoms with Crippen molar-refractivity contribution >= 4 is 40.8 Å². The van der Waals surface area contributed by atoms with E-state index < -0.39 is 20.6 Å². The van der Waals surface area contributed by atoms with Crippen molar-refractivity contribution in [1.82, 2.24) is 0 Å². The summed E-state index contributed by atoms with van der Waals surface area (Å²) in [5.41, 5.74) is -0.453. The predicted molar refractivity (Wildman–Crippen MR) is 58.2 cm³/mol. The van der Waals surface area contributed by atoms with Gasteiger partial charge in [0.05, 0.1) is 0 Å². The molecule has 1 aliphatic carbocycles. The van der Waals surface area contributed by atoms with E-state index in [2.05, 4.69) is 0 Å². The average Bonchev–Trinajstić information content (AvgIpc) is 2.32. The summed E-state index contributed by atoms with van der Waals surface area (Å²) in [6.07, 6.45) is 0.388. The van der Waals surface area contributed by atoms with Crippen LogP contribution in [-0.4, -0.2) is 20.3 Å². The summed E-state index contributed by atoms with van der Waals surface area (Å²) in [7, 11) is 0. The second-order valence-corrected chi connectivity index (χ2v) is 7.02. The molecule has 0 aliphatic heterocycles. The minimum absolute atomic E-state index is 0.186. The third kappa shape index (κ3) is 1.72. The lowest BCUT2D eigenvalue weighted by atomic mass is 10.1. The number of carboxylic acid groups (broad SMARTS) is 1. The summed E-state index contributed by atoms with van der Waals surface area (Å²) < 4.78 is -0.923. The highest BCUT2D eigenvalue weighted by atomic mass is 35.5. The standard InChI is InChI=1S/C9H13Cl3O2/c1-7(2)5(4-8(3,10)11)9(7,12)6(13)14/h5H,4H2,1-3H3,(H,13,14). The zero-order chi connectivity index (χ0) is 11.4. The SMILES string of the molecule is CC(Cl)(Cl)CC1C(C)(C)C1(Cl)C(=O)O. The molecule has 2 unspecified atom stereocenters. The van der Waals surface area contributed by atoms with Crippen LogP contribution in [0.15, 0.2) is 0 Å². The monoisotopic (exact) mass is 258 g/mol. The number of aliphatic carboxylic acids is 1. The van der Waals surface area contributed by atoms with E-state index in [1.807, 2.05) is 13.8 Å². The average molecular weight is 260 g/mol. The topological polar surface area (TPSA) is 37.3 Å². The Morgan fingerprint density at radius 2 is 1.93 bits per heavy atom. The highest BCUT2D eigenvalue weighted by molar-refractivity contribution is 6.48. The zero-order valence-corrected chi connectivity index (χ0v) is 10.5. The van der Waals surface area contributed by atoms with Gasteiger partial charge in [-0.3, -0.25) is 4.79 Å². The molecule has 14 heavy (non-hydrogen) atoms. The minimum atomic E-state index is -1.21. The molecule has 2 atom stereocenters. The maximum Gasteiger partial charge on any atom is 0.325 e. The highest BCUT2D eigenvalue weighted by Gasteiger charge is 2.75. The number of hydrogen-bond acceptors (Lipinski definition) is 1. The Hall–Kier alpha value is 0.340. The van der Waals surface area contributed by atoms with Crippen molar-refractivity contribution in [3.8, 4) is 0 Å². The van der Waals surface area contributed by atoms with Gasteiger partial charge in [0.15, 0.2) is 4.87 Å². The molecule has 1 N–H and O–H groups in total. The fourth-order valence-electron chi connectivity index (χ4n) is 1.99. The quantitative estimate of drug-likeness (QED) is 0.790. The van der Waals surface area contributed by atoms with Crippen LogP contribution in [-0.2, 0) is 4.79 Å². The Kier molecular flexibility index (Phi) is 2.80. The number of carboxylic acids is 1. The first-order valence-electron chi connectivity index (χ1n) is 4.33. The molecule has 0 amide bonds. The molecule has 0 spiro atoms. The van der Waals surface area contributed by atoms with Crippen molar-refractivity contribution in [2.24, 2.45) is 11.3 Å². The van der Waals surface area contributed by atoms with Gasteiger partial charge in [0.25, 0.3) is 0 Å². The van der Waals surface area contributed by atoms with Crippen molar-refractivity contribution in [2.45, 2.75) is 36.4 Å². The van der Waals surface area contributed by atoms with Gasteiger partial charge in [-0.05, 0) is 19.3 Å². The Morgan fingerprint density at radius 3 is 2.14 bits per heavy atom. The van der Waals surface area contributed by atoms with Crippen LogP contribution in [0.4, 0.5) is 0 Å². The van der Waals surface area contributed by atoms with Crippen molar-refractivity contribution in [3.63, 3.8) is 0 Å². The van der Waals surface area contributed by atoms with Crippen LogP contribution >= 0.6 is 34.8 Å². The summed E-state index contributed by atoms with van der Waals surface area (Å²) in [5, 5.41) is 9.00. The van der Waals surface area contributed by atoms with E-state index in [4.69, 9.17) is 39.9 Å². The van der Waals surface area contributed by atoms with Crippen LogP contribution in [0.2, 0.25) is 0 Å². The third-order valence-electron chi connectivity index (χ3n) is 3.08. The van der Waals surface area contributed by atoms with E-state index in [-0.39, 0.29) is 5.92 Å². The van der Waals surface area contributed by atoms with Crippen LogP contribution in [0, 0.1) is 11.3 Å². The lowest BCUT2D eigenvalue weighted by Crippen LogP contribution is -2.22. The summed E-state index contributed by atoms with van der Waals surface area (Å²) in [4.78, 5) is 9.77. The van der Waals surface area contributed by atoms with E-state index in [1.54, 1.807) is 6.92 Å². The molecule has 0 aromatic heterocycles.